The molecule has 0 aliphatic carbocycles. The molecule has 38 heavy (non-hydrogen) atoms. The summed E-state index contributed by atoms with van der Waals surface area (Å²) in [5.41, 5.74) is 14.1. The molecule has 13 nitrogen and oxygen atoms in total. The summed E-state index contributed by atoms with van der Waals surface area (Å²) in [7, 11) is 1.61. The number of pyridine rings is 1. The third kappa shape index (κ3) is 8.70. The monoisotopic (exact) mass is 536 g/mol. The molecule has 2 aromatic rings. The number of hydrogen-bond donors (Lipinski definition) is 5. The number of piperidine rings is 1. The molecule has 15 heteroatoms. The lowest BCUT2D eigenvalue weighted by Gasteiger charge is -2.34. The Bertz CT molecular complexity index is 1160. The quantitative estimate of drug-likeness (QED) is 0.238. The first-order valence-corrected chi connectivity index (χ1v) is 11.5. The molecular weight excluding hydrogens is 502 g/mol. The van der Waals surface area contributed by atoms with Crippen molar-refractivity contribution in [3.05, 3.63) is 54.0 Å². The van der Waals surface area contributed by atoms with Crippen LogP contribution in [0.2, 0.25) is 0 Å². The Hall–Kier alpha value is -4.24. The number of nitrogens with two attached hydrogens (primary N) is 4. The number of alkyl halides is 2. The highest BCUT2D eigenvalue weighted by molar-refractivity contribution is 5.65. The molecule has 1 saturated heterocycles. The smallest absolute Gasteiger partial charge is 0.300 e. The maximum atomic E-state index is 13.9. The SMILES string of the molecule is CC(=O)O.Cc1nc(/C(N)=C(\COc2cc(N(N)/C=C\N)ncn2)N(C)N)ccc1N1CCCC(F)(F)C1. The number of carbonyl (C=O) groups is 1. The third-order valence-corrected chi connectivity index (χ3v) is 5.30. The second-order valence-electron chi connectivity index (χ2n) is 8.42. The van der Waals surface area contributed by atoms with Crippen molar-refractivity contribution in [2.45, 2.75) is 32.6 Å². The van der Waals surface area contributed by atoms with Crippen LogP contribution in [0, 0.1) is 6.92 Å². The van der Waals surface area contributed by atoms with E-state index in [-0.39, 0.29) is 31.1 Å². The van der Waals surface area contributed by atoms with Gasteiger partial charge in [-0.15, -0.1) is 0 Å². The van der Waals surface area contributed by atoms with E-state index in [1.165, 1.54) is 34.8 Å². The van der Waals surface area contributed by atoms with Crippen molar-refractivity contribution in [1.29, 1.82) is 0 Å². The fourth-order valence-electron chi connectivity index (χ4n) is 3.59. The number of hydrogen-bond acceptors (Lipinski definition) is 12. The van der Waals surface area contributed by atoms with Crippen LogP contribution in [0.25, 0.3) is 5.70 Å². The van der Waals surface area contributed by atoms with Gasteiger partial charge in [-0.25, -0.2) is 35.4 Å². The Morgan fingerprint density at radius 1 is 1.32 bits per heavy atom. The van der Waals surface area contributed by atoms with Gasteiger partial charge in [0.25, 0.3) is 11.9 Å². The van der Waals surface area contributed by atoms with Crippen molar-refractivity contribution in [2.75, 3.05) is 36.7 Å². The average molecular weight is 537 g/mol. The molecule has 0 unspecified atom stereocenters. The lowest BCUT2D eigenvalue weighted by atomic mass is 10.1. The van der Waals surface area contributed by atoms with Crippen molar-refractivity contribution in [2.24, 2.45) is 23.2 Å². The summed E-state index contributed by atoms with van der Waals surface area (Å²) < 4.78 is 33.5. The summed E-state index contributed by atoms with van der Waals surface area (Å²) in [6.07, 6.45) is 4.31. The molecule has 1 aliphatic rings. The Labute approximate surface area is 219 Å². The van der Waals surface area contributed by atoms with Crippen LogP contribution in [0.15, 0.2) is 42.6 Å². The lowest BCUT2D eigenvalue weighted by Crippen LogP contribution is -2.43. The Balaban J connectivity index is 0.00000118. The van der Waals surface area contributed by atoms with Crippen LogP contribution in [0.1, 0.15) is 31.2 Å². The maximum Gasteiger partial charge on any atom is 0.300 e. The highest BCUT2D eigenvalue weighted by atomic mass is 19.3. The molecule has 1 aliphatic heterocycles. The fourth-order valence-corrected chi connectivity index (χ4v) is 3.59. The second-order valence-corrected chi connectivity index (χ2v) is 8.42. The van der Waals surface area contributed by atoms with Crippen LogP contribution in [0.5, 0.6) is 5.88 Å². The molecule has 3 heterocycles. The van der Waals surface area contributed by atoms with E-state index in [0.717, 1.165) is 6.92 Å². The van der Waals surface area contributed by atoms with Crippen LogP contribution in [-0.4, -0.2) is 63.7 Å². The topological polar surface area (TPSA) is 199 Å². The molecule has 0 aromatic carbocycles. The third-order valence-electron chi connectivity index (χ3n) is 5.30. The van der Waals surface area contributed by atoms with E-state index in [0.29, 0.717) is 41.6 Å². The summed E-state index contributed by atoms with van der Waals surface area (Å²) in [4.78, 5) is 23.3. The minimum absolute atomic E-state index is 0.0204. The number of ether oxygens (including phenoxy) is 1. The number of rotatable bonds is 8. The van der Waals surface area contributed by atoms with Gasteiger partial charge in [0.15, 0.2) is 5.82 Å². The molecule has 2 aromatic heterocycles. The number of nitrogens with zero attached hydrogens (tertiary/aromatic N) is 6. The summed E-state index contributed by atoms with van der Waals surface area (Å²) >= 11 is 0. The highest BCUT2D eigenvalue weighted by Gasteiger charge is 2.35. The van der Waals surface area contributed by atoms with Gasteiger partial charge in [-0.3, -0.25) is 9.80 Å². The number of aliphatic carboxylic acids is 1. The van der Waals surface area contributed by atoms with E-state index in [2.05, 4.69) is 15.0 Å². The largest absolute Gasteiger partial charge is 0.481 e. The van der Waals surface area contributed by atoms with Crippen LogP contribution in [0.3, 0.4) is 0 Å². The Morgan fingerprint density at radius 2 is 2.00 bits per heavy atom. The molecule has 3 rings (SSSR count). The van der Waals surface area contributed by atoms with Gasteiger partial charge in [0.2, 0.25) is 5.88 Å². The first-order valence-electron chi connectivity index (χ1n) is 11.5. The van der Waals surface area contributed by atoms with Crippen LogP contribution in [0.4, 0.5) is 20.3 Å². The maximum absolute atomic E-state index is 13.9. The predicted octanol–water partition coefficient (Wildman–Crippen LogP) is 1.13. The average Bonchev–Trinajstić information content (AvgIpc) is 2.83. The van der Waals surface area contributed by atoms with Gasteiger partial charge in [0.05, 0.1) is 35.0 Å². The highest BCUT2D eigenvalue weighted by Crippen LogP contribution is 2.31. The molecule has 1 fully saturated rings. The zero-order valence-electron chi connectivity index (χ0n) is 21.5. The molecular formula is C23H34F2N10O3. The summed E-state index contributed by atoms with van der Waals surface area (Å²) in [5, 5.41) is 9.95. The number of hydrazine groups is 2. The van der Waals surface area contributed by atoms with Gasteiger partial charge >= 0.3 is 0 Å². The molecule has 0 radical (unpaired) electrons. The van der Waals surface area contributed by atoms with Crippen LogP contribution < -0.4 is 37.8 Å². The first kappa shape index (κ1) is 30.0. The first-order chi connectivity index (χ1) is 17.8. The number of likely N-dealkylation sites (N-methyl/N-ethyl adjacent to an activating group) is 1. The fraction of sp³-hybridized carbons (Fsp3) is 0.391. The van der Waals surface area contributed by atoms with Gasteiger partial charge in [-0.05, 0) is 25.5 Å². The number of anilines is 2. The molecule has 0 saturated carbocycles. The molecule has 0 atom stereocenters. The van der Waals surface area contributed by atoms with E-state index in [9.17, 15) is 8.78 Å². The normalized spacial score (nSPS) is 15.3. The number of aryl methyl sites for hydroxylation is 1. The van der Waals surface area contributed by atoms with Gasteiger partial charge in [0.1, 0.15) is 12.9 Å². The van der Waals surface area contributed by atoms with E-state index in [4.69, 9.17) is 37.8 Å². The van der Waals surface area contributed by atoms with Gasteiger partial charge in [-0.1, -0.05) is 0 Å². The van der Waals surface area contributed by atoms with Gasteiger partial charge in [-0.2, -0.15) is 0 Å². The van der Waals surface area contributed by atoms with E-state index < -0.39 is 11.9 Å². The zero-order valence-corrected chi connectivity index (χ0v) is 21.5. The van der Waals surface area contributed by atoms with Crippen molar-refractivity contribution in [1.82, 2.24) is 20.0 Å². The summed E-state index contributed by atoms with van der Waals surface area (Å²) in [6, 6.07) is 4.95. The number of aromatic nitrogens is 3. The second kappa shape index (κ2) is 13.3. The minimum atomic E-state index is -2.71. The van der Waals surface area contributed by atoms with Crippen LogP contribution >= 0.6 is 0 Å². The van der Waals surface area contributed by atoms with Crippen molar-refractivity contribution in [3.8, 4) is 5.88 Å². The van der Waals surface area contributed by atoms with Crippen molar-refractivity contribution >= 4 is 23.2 Å². The van der Waals surface area contributed by atoms with Crippen molar-refractivity contribution in [3.63, 3.8) is 0 Å². The summed E-state index contributed by atoms with van der Waals surface area (Å²) in [5.74, 6) is 8.85. The molecule has 208 valence electrons. The molecule has 0 bridgehead atoms. The summed E-state index contributed by atoms with van der Waals surface area (Å²) in [6.45, 7) is 3.05. The number of halogens is 2. The van der Waals surface area contributed by atoms with E-state index >= 15 is 0 Å². The number of carboxylic acids is 1. The standard InChI is InChI=1S/C21H30F2N10O.C2H4O2/c1-14-16(32-8-3-6-21(22,23)12-32)5-4-15(30-14)20(25)17(31(2)26)11-34-19-10-18(28-13-29-19)33(27)9-7-24;1-2(3)4/h4-5,7,9-10,13H,3,6,8,11-12,24-27H2,1-2H3;1H3,(H,3,4)/b9-7-,20-17-;. The Kier molecular flexibility index (Phi) is 10.5. The molecule has 9 N–H and O–H groups in total. The lowest BCUT2D eigenvalue weighted by molar-refractivity contribution is -0.134. The van der Waals surface area contributed by atoms with Crippen LogP contribution in [-0.2, 0) is 4.79 Å². The van der Waals surface area contributed by atoms with Crippen molar-refractivity contribution < 1.29 is 23.4 Å². The van der Waals surface area contributed by atoms with E-state index in [1.807, 2.05) is 0 Å². The number of carboxylic acid groups (broad SMARTS) is 1. The van der Waals surface area contributed by atoms with Gasteiger partial charge < -0.3 is 31.2 Å². The minimum Gasteiger partial charge on any atom is -0.481 e. The Morgan fingerprint density at radius 3 is 2.58 bits per heavy atom. The predicted molar refractivity (Wildman–Crippen MR) is 139 cm³/mol. The van der Waals surface area contributed by atoms with Gasteiger partial charge in [0, 0.05) is 45.4 Å². The zero-order chi connectivity index (χ0) is 28.5. The molecule has 0 spiro atoms. The van der Waals surface area contributed by atoms with E-state index in [1.54, 1.807) is 31.0 Å². The molecule has 0 amide bonds.